The Morgan fingerprint density at radius 1 is 1.42 bits per heavy atom. The third-order valence-electron chi connectivity index (χ3n) is 3.41. The SMILES string of the molecule is O=C(O)CN1C(=O)[C@H](CS)CCCc2ccccc21. The van der Waals surface area contributed by atoms with Crippen LogP contribution < -0.4 is 4.90 Å². The Hall–Kier alpha value is -1.49. The highest BCUT2D eigenvalue weighted by molar-refractivity contribution is 7.80. The molecule has 0 bridgehead atoms. The summed E-state index contributed by atoms with van der Waals surface area (Å²) in [7, 11) is 0. The molecule has 0 saturated heterocycles. The van der Waals surface area contributed by atoms with Crippen LogP contribution in [-0.2, 0) is 16.0 Å². The van der Waals surface area contributed by atoms with Gasteiger partial charge in [-0.2, -0.15) is 12.6 Å². The van der Waals surface area contributed by atoms with E-state index in [1.165, 1.54) is 4.90 Å². The molecule has 1 atom stereocenters. The van der Waals surface area contributed by atoms with Crippen LogP contribution in [0.4, 0.5) is 5.69 Å². The van der Waals surface area contributed by atoms with Crippen LogP contribution in [0.3, 0.4) is 0 Å². The first-order chi connectivity index (χ1) is 9.13. The van der Waals surface area contributed by atoms with Gasteiger partial charge in [-0.3, -0.25) is 9.59 Å². The van der Waals surface area contributed by atoms with Crippen molar-refractivity contribution in [3.63, 3.8) is 0 Å². The van der Waals surface area contributed by atoms with Crippen molar-refractivity contribution in [2.24, 2.45) is 5.92 Å². The number of benzene rings is 1. The average Bonchev–Trinajstić information content (AvgIpc) is 2.39. The summed E-state index contributed by atoms with van der Waals surface area (Å²) >= 11 is 4.21. The summed E-state index contributed by atoms with van der Waals surface area (Å²) in [6.45, 7) is -0.292. The Morgan fingerprint density at radius 3 is 2.84 bits per heavy atom. The molecule has 0 aliphatic carbocycles. The molecular formula is C14H17NO3S. The lowest BCUT2D eigenvalue weighted by atomic mass is 9.95. The minimum absolute atomic E-state index is 0.135. The van der Waals surface area contributed by atoms with E-state index in [1.807, 2.05) is 24.3 Å². The Morgan fingerprint density at radius 2 is 2.16 bits per heavy atom. The van der Waals surface area contributed by atoms with Gasteiger partial charge in [-0.05, 0) is 30.9 Å². The van der Waals surface area contributed by atoms with Gasteiger partial charge in [0.15, 0.2) is 0 Å². The van der Waals surface area contributed by atoms with Crippen LogP contribution in [0.2, 0.25) is 0 Å². The van der Waals surface area contributed by atoms with Gasteiger partial charge in [-0.1, -0.05) is 18.2 Å². The molecule has 1 aliphatic rings. The van der Waals surface area contributed by atoms with Crippen molar-refractivity contribution in [3.05, 3.63) is 29.8 Å². The molecule has 19 heavy (non-hydrogen) atoms. The molecule has 1 aromatic carbocycles. The maximum Gasteiger partial charge on any atom is 0.323 e. The molecule has 0 aromatic heterocycles. The predicted octanol–water partition coefficient (Wildman–Crippen LogP) is 1.99. The first-order valence-corrected chi connectivity index (χ1v) is 6.98. The van der Waals surface area contributed by atoms with Crippen molar-refractivity contribution >= 4 is 30.2 Å². The van der Waals surface area contributed by atoms with E-state index in [0.717, 1.165) is 30.5 Å². The number of carboxylic acid groups (broad SMARTS) is 1. The molecule has 5 heteroatoms. The maximum atomic E-state index is 12.4. The van der Waals surface area contributed by atoms with Crippen molar-refractivity contribution < 1.29 is 14.7 Å². The molecule has 1 N–H and O–H groups in total. The van der Waals surface area contributed by atoms with Gasteiger partial charge in [0.25, 0.3) is 0 Å². The third-order valence-corrected chi connectivity index (χ3v) is 3.85. The molecule has 0 fully saturated rings. The first-order valence-electron chi connectivity index (χ1n) is 6.35. The van der Waals surface area contributed by atoms with Crippen molar-refractivity contribution in [1.29, 1.82) is 0 Å². The number of para-hydroxylation sites is 1. The van der Waals surface area contributed by atoms with Gasteiger partial charge in [0.05, 0.1) is 0 Å². The Kier molecular flexibility index (Phi) is 4.47. The van der Waals surface area contributed by atoms with Crippen molar-refractivity contribution in [2.45, 2.75) is 19.3 Å². The molecule has 0 radical (unpaired) electrons. The number of aryl methyl sites for hydroxylation is 1. The van der Waals surface area contributed by atoms with Gasteiger partial charge in [-0.25, -0.2) is 0 Å². The molecule has 102 valence electrons. The number of fused-ring (bicyclic) bond motifs is 1. The zero-order valence-electron chi connectivity index (χ0n) is 10.6. The van der Waals surface area contributed by atoms with Crippen LogP contribution in [-0.4, -0.2) is 29.3 Å². The normalized spacial score (nSPS) is 19.5. The lowest BCUT2D eigenvalue weighted by Crippen LogP contribution is -2.41. The highest BCUT2D eigenvalue weighted by Gasteiger charge is 2.29. The zero-order chi connectivity index (χ0) is 13.8. The summed E-state index contributed by atoms with van der Waals surface area (Å²) < 4.78 is 0. The fraction of sp³-hybridized carbons (Fsp3) is 0.429. The molecule has 0 spiro atoms. The Balaban J connectivity index is 2.41. The first kappa shape index (κ1) is 13.9. The highest BCUT2D eigenvalue weighted by atomic mass is 32.1. The van der Waals surface area contributed by atoms with Gasteiger partial charge in [-0.15, -0.1) is 0 Å². The summed E-state index contributed by atoms with van der Waals surface area (Å²) in [4.78, 5) is 24.8. The predicted molar refractivity (Wildman–Crippen MR) is 76.7 cm³/mol. The molecule has 1 amide bonds. The lowest BCUT2D eigenvalue weighted by Gasteiger charge is -2.29. The number of thiol groups is 1. The Labute approximate surface area is 117 Å². The number of carboxylic acids is 1. The van der Waals surface area contributed by atoms with Crippen LogP contribution in [0.25, 0.3) is 0 Å². The number of aliphatic carboxylic acids is 1. The number of nitrogens with zero attached hydrogens (tertiary/aromatic N) is 1. The molecule has 2 rings (SSSR count). The van der Waals surface area contributed by atoms with Crippen molar-refractivity contribution in [2.75, 3.05) is 17.2 Å². The smallest absolute Gasteiger partial charge is 0.323 e. The number of hydrogen-bond acceptors (Lipinski definition) is 3. The van der Waals surface area contributed by atoms with Crippen molar-refractivity contribution in [1.82, 2.24) is 0 Å². The lowest BCUT2D eigenvalue weighted by molar-refractivity contribution is -0.137. The molecule has 4 nitrogen and oxygen atoms in total. The van der Waals surface area contributed by atoms with E-state index >= 15 is 0 Å². The van der Waals surface area contributed by atoms with Crippen LogP contribution in [0.5, 0.6) is 0 Å². The molecule has 1 heterocycles. The van der Waals surface area contributed by atoms with Gasteiger partial charge >= 0.3 is 5.97 Å². The number of rotatable bonds is 3. The maximum absolute atomic E-state index is 12.4. The second-order valence-corrected chi connectivity index (χ2v) is 5.08. The van der Waals surface area contributed by atoms with Gasteiger partial charge in [0.1, 0.15) is 6.54 Å². The van der Waals surface area contributed by atoms with E-state index in [0.29, 0.717) is 5.75 Å². The topological polar surface area (TPSA) is 57.6 Å². The van der Waals surface area contributed by atoms with Crippen LogP contribution in [0, 0.1) is 5.92 Å². The number of hydrogen-bond donors (Lipinski definition) is 2. The minimum Gasteiger partial charge on any atom is -0.480 e. The quantitative estimate of drug-likeness (QED) is 0.832. The van der Waals surface area contributed by atoms with E-state index in [1.54, 1.807) is 0 Å². The molecule has 1 aromatic rings. The monoisotopic (exact) mass is 279 g/mol. The van der Waals surface area contributed by atoms with Crippen LogP contribution >= 0.6 is 12.6 Å². The van der Waals surface area contributed by atoms with Gasteiger partial charge in [0, 0.05) is 17.4 Å². The van der Waals surface area contributed by atoms with E-state index in [-0.39, 0.29) is 18.4 Å². The summed E-state index contributed by atoms with van der Waals surface area (Å²) in [6.07, 6.45) is 2.55. The van der Waals surface area contributed by atoms with E-state index in [9.17, 15) is 9.59 Å². The average molecular weight is 279 g/mol. The second-order valence-electron chi connectivity index (χ2n) is 4.72. The molecule has 0 saturated carbocycles. The molecule has 1 aliphatic heterocycles. The van der Waals surface area contributed by atoms with Gasteiger partial charge < -0.3 is 10.0 Å². The molecule has 0 unspecified atom stereocenters. The summed E-state index contributed by atoms with van der Waals surface area (Å²) in [6, 6.07) is 7.52. The summed E-state index contributed by atoms with van der Waals surface area (Å²) in [5.41, 5.74) is 1.76. The number of carbonyl (C=O) groups excluding carboxylic acids is 1. The fourth-order valence-corrected chi connectivity index (χ4v) is 2.79. The number of anilines is 1. The fourth-order valence-electron chi connectivity index (χ4n) is 2.45. The van der Waals surface area contributed by atoms with E-state index in [2.05, 4.69) is 12.6 Å². The largest absolute Gasteiger partial charge is 0.480 e. The zero-order valence-corrected chi connectivity index (χ0v) is 11.5. The number of carbonyl (C=O) groups is 2. The third kappa shape index (κ3) is 3.10. The van der Waals surface area contributed by atoms with Crippen LogP contribution in [0.1, 0.15) is 18.4 Å². The van der Waals surface area contributed by atoms with Gasteiger partial charge in [0.2, 0.25) is 5.91 Å². The standard InChI is InChI=1S/C14H17NO3S/c16-13(17)8-15-12-7-2-1-4-10(12)5-3-6-11(9-19)14(15)18/h1-2,4,7,11,19H,3,5-6,8-9H2,(H,16,17)/t11-/m0/s1. The van der Waals surface area contributed by atoms with Crippen molar-refractivity contribution in [3.8, 4) is 0 Å². The molecular weight excluding hydrogens is 262 g/mol. The van der Waals surface area contributed by atoms with Crippen LogP contribution in [0.15, 0.2) is 24.3 Å². The summed E-state index contributed by atoms with van der Waals surface area (Å²) in [5, 5.41) is 9.02. The summed E-state index contributed by atoms with van der Waals surface area (Å²) in [5.74, 6) is -0.876. The van der Waals surface area contributed by atoms with E-state index in [4.69, 9.17) is 5.11 Å². The number of amides is 1. The van der Waals surface area contributed by atoms with E-state index < -0.39 is 5.97 Å². The minimum atomic E-state index is -0.998. The Bertz CT molecular complexity index is 489. The second kappa shape index (κ2) is 6.10. The highest BCUT2D eigenvalue weighted by Crippen LogP contribution is 2.28.